The van der Waals surface area contributed by atoms with E-state index in [1.165, 1.54) is 42.9 Å². The molecule has 1 aromatic heterocycles. The molecule has 10 atom stereocenters. The van der Waals surface area contributed by atoms with Gasteiger partial charge in [0, 0.05) is 120 Å². The summed E-state index contributed by atoms with van der Waals surface area (Å²) in [5, 5.41) is 33.2. The van der Waals surface area contributed by atoms with Crippen molar-refractivity contribution in [3.05, 3.63) is 136 Å². The number of ether oxygens (including phenoxy) is 4. The summed E-state index contributed by atoms with van der Waals surface area (Å²) >= 11 is 0. The second-order valence-corrected chi connectivity index (χ2v) is 33.0. The number of likely N-dealkylation sites (N-methyl/N-ethyl adjacent to an activating group) is 1. The maximum atomic E-state index is 16.3. The van der Waals surface area contributed by atoms with Gasteiger partial charge in [-0.05, 0) is 142 Å². The van der Waals surface area contributed by atoms with Gasteiger partial charge < -0.3 is 79.5 Å². The number of nitrogens with one attached hydrogen (secondary N) is 5. The van der Waals surface area contributed by atoms with E-state index in [9.17, 15) is 47.0 Å². The minimum Gasteiger partial charge on any atom is -0.497 e. The molecule has 0 aliphatic carbocycles. The molecule has 5 aromatic rings. The lowest BCUT2D eigenvalue weighted by Gasteiger charge is -2.37. The highest BCUT2D eigenvalue weighted by Crippen LogP contribution is 2.35. The van der Waals surface area contributed by atoms with Gasteiger partial charge in [0.2, 0.25) is 47.3 Å². The van der Waals surface area contributed by atoms with Crippen molar-refractivity contribution in [2.75, 3.05) is 87.5 Å². The van der Waals surface area contributed by atoms with Crippen LogP contribution in [0.2, 0.25) is 0 Å². The number of amides is 8. The maximum Gasteiger partial charge on any atom is 0.490 e. The van der Waals surface area contributed by atoms with Crippen LogP contribution in [-0.4, -0.2) is 252 Å². The van der Waals surface area contributed by atoms with E-state index in [1.54, 1.807) is 72.6 Å². The van der Waals surface area contributed by atoms with Crippen molar-refractivity contribution >= 4 is 87.3 Å². The predicted molar refractivity (Wildman–Crippen MR) is 430 cm³/mol. The van der Waals surface area contributed by atoms with E-state index < -0.39 is 144 Å². The number of halogens is 4. The van der Waals surface area contributed by atoms with Crippen LogP contribution in [0.1, 0.15) is 144 Å². The van der Waals surface area contributed by atoms with Gasteiger partial charge in [0.1, 0.15) is 60.5 Å². The molecule has 6 aliphatic heterocycles. The number of quaternary nitrogens is 1. The van der Waals surface area contributed by atoms with E-state index in [0.717, 1.165) is 17.7 Å². The first-order chi connectivity index (χ1) is 57.0. The quantitative estimate of drug-likeness (QED) is 0.0342. The topological polar surface area (TPSA) is 374 Å². The van der Waals surface area contributed by atoms with Gasteiger partial charge in [0.25, 0.3) is 0 Å². The van der Waals surface area contributed by atoms with Crippen LogP contribution >= 0.6 is 0 Å². The zero-order valence-corrected chi connectivity index (χ0v) is 69.2. The van der Waals surface area contributed by atoms with Crippen molar-refractivity contribution < 1.29 is 114 Å². The third-order valence-electron chi connectivity index (χ3n) is 22.6. The Balaban J connectivity index is 0.00000224. The van der Waals surface area contributed by atoms with Gasteiger partial charge in [-0.3, -0.25) is 57.5 Å². The number of nitrogens with zero attached hydrogens (tertiary/aromatic N) is 5. The number of carboxylic acid groups (broad SMARTS) is 1. The monoisotopic (exact) mass is 1680 g/mol. The van der Waals surface area contributed by atoms with Gasteiger partial charge in [-0.25, -0.2) is 9.18 Å². The average molecular weight is 1680 g/mol. The summed E-state index contributed by atoms with van der Waals surface area (Å²) in [4.78, 5) is 192. The van der Waals surface area contributed by atoms with Crippen LogP contribution in [0.4, 0.5) is 17.6 Å². The van der Waals surface area contributed by atoms with Crippen molar-refractivity contribution in [2.45, 2.75) is 210 Å². The molecule has 12 bridgehead atoms. The number of carboxylic acids is 1. The number of carbonyl (C=O) groups excluding carboxylic acids is 12. The molecule has 6 aliphatic rings. The Morgan fingerprint density at radius 1 is 0.692 bits per heavy atom. The number of alkyl halides is 3. The van der Waals surface area contributed by atoms with E-state index in [2.05, 4.69) is 26.6 Å². The minimum atomic E-state index is -5.08. The van der Waals surface area contributed by atoms with E-state index in [1.807, 2.05) is 50.0 Å². The highest BCUT2D eigenvalue weighted by molar-refractivity contribution is 6.00. The first-order valence-corrected chi connectivity index (χ1v) is 41.1. The number of hydrogen-bond donors (Lipinski definition) is 7. The zero-order chi connectivity index (χ0) is 87.2. The van der Waals surface area contributed by atoms with Crippen LogP contribution in [0.5, 0.6) is 5.75 Å². The van der Waals surface area contributed by atoms with E-state index in [4.69, 9.17) is 28.8 Å². The van der Waals surface area contributed by atoms with Crippen LogP contribution in [0.3, 0.4) is 0 Å². The average Bonchev–Trinajstić information content (AvgIpc) is 1.65. The Kier molecular flexibility index (Phi) is 33.7. The molecule has 120 heavy (non-hydrogen) atoms. The van der Waals surface area contributed by atoms with Gasteiger partial charge in [0.15, 0.2) is 11.6 Å². The van der Waals surface area contributed by atoms with Gasteiger partial charge in [-0.15, -0.1) is 0 Å². The van der Waals surface area contributed by atoms with Crippen LogP contribution in [0, 0.1) is 17.7 Å². The Bertz CT molecular complexity index is 4480. The number of aliphatic carboxylic acids is 1. The van der Waals surface area contributed by atoms with Gasteiger partial charge in [-0.1, -0.05) is 67.6 Å². The Hall–Kier alpha value is -10.4. The third-order valence-corrected chi connectivity index (χ3v) is 22.6. The molecule has 0 saturated carbocycles. The van der Waals surface area contributed by atoms with E-state index in [0.29, 0.717) is 102 Å². The fourth-order valence-electron chi connectivity index (χ4n) is 15.7. The first-order valence-electron chi connectivity index (χ1n) is 41.1. The van der Waals surface area contributed by atoms with Gasteiger partial charge in [-0.2, -0.15) is 13.2 Å². The second kappa shape index (κ2) is 43.2. The molecule has 33 heteroatoms. The molecule has 29 nitrogen and oxygen atoms in total. The number of Topliss-reactive ketones (excluding diaryl/α,β-unsaturated/α-hetero) is 4. The van der Waals surface area contributed by atoms with Crippen molar-refractivity contribution in [2.24, 2.45) is 11.8 Å². The van der Waals surface area contributed by atoms with Gasteiger partial charge >= 0.3 is 12.1 Å². The molecule has 2 saturated heterocycles. The third kappa shape index (κ3) is 26.8. The summed E-state index contributed by atoms with van der Waals surface area (Å²) in [6, 6.07) is 17.7. The molecular weight excluding hydrogens is 1560 g/mol. The second-order valence-electron chi connectivity index (χ2n) is 33.0. The van der Waals surface area contributed by atoms with Crippen molar-refractivity contribution in [3.8, 4) is 5.75 Å². The molecule has 652 valence electrons. The predicted octanol–water partition coefficient (Wildman–Crippen LogP) is 5.92. The number of aromatic nitrogens is 1. The lowest BCUT2D eigenvalue weighted by Crippen LogP contribution is -2.62. The van der Waals surface area contributed by atoms with Crippen molar-refractivity contribution in [1.29, 1.82) is 0 Å². The van der Waals surface area contributed by atoms with E-state index in [-0.39, 0.29) is 134 Å². The summed E-state index contributed by atoms with van der Waals surface area (Å²) in [6.45, 7) is 6.35. The molecule has 4 aromatic carbocycles. The fourth-order valence-corrected chi connectivity index (χ4v) is 15.7. The number of benzene rings is 4. The standard InChI is InChI=1S/C85H111FN10O17.C2HF3O2/c1-54-43-65(99)25-30-76(103)93-35-9-8-34-92-52-62(67-49-63(86)23-29-71(67)92)47-61-48-72(100)69(89-80(105)68(88-79(54)104)28-24-64(98)32-39-111-41-42-112-40-38-96(4,5)6)46-59-14-10-15-60(44-59)50-87-75(102)53-113-73-31-37-94(83(61)108)78(73)82(107)91-77(55(2)97)81(106)90-70(45-57-21-26-66(110-7)27-22-57)84(109)95-36-12-33-85(95,3)74(101)16-11-13-56-17-19-58(51-93)20-18-56;3-2(4,5)1(6)7/h10,14-15,17-23,26-27,29,44,49,52,54-55,61,68-70,73,77-78,97H,8-9,11-13,16,24-25,28,30-43,45-48,50-51,53H2,1-7H3,(H4-,87,88,89,90,91,102,104,105,106,107);(H,6,7)/p+1/t54-,55-,61-,68-,69+,70+,73+,77+,78+,85+;/m1./s1. The van der Waals surface area contributed by atoms with Gasteiger partial charge in [0.05, 0.1) is 78.5 Å². The molecule has 11 rings (SSSR count). The summed E-state index contributed by atoms with van der Waals surface area (Å²) < 4.78 is 73.4. The molecule has 7 N–H and O–H groups in total. The number of carbonyl (C=O) groups is 13. The summed E-state index contributed by atoms with van der Waals surface area (Å²) in [5.41, 5.74) is 3.06. The number of ketones is 4. The Morgan fingerprint density at radius 3 is 2.08 bits per heavy atom. The molecule has 0 unspecified atom stereocenters. The first kappa shape index (κ1) is 93.5. The largest absolute Gasteiger partial charge is 0.497 e. The minimum absolute atomic E-state index is 0.0394. The number of hydrogen-bond acceptors (Lipinski definition) is 18. The highest BCUT2D eigenvalue weighted by atomic mass is 19.4. The lowest BCUT2D eigenvalue weighted by molar-refractivity contribution is -0.870. The van der Waals surface area contributed by atoms with Crippen LogP contribution < -0.4 is 31.3 Å². The molecule has 0 radical (unpaired) electrons. The molecule has 7 heterocycles. The highest BCUT2D eigenvalue weighted by Gasteiger charge is 2.50. The normalized spacial score (nSPS) is 24.0. The van der Waals surface area contributed by atoms with Crippen LogP contribution in [0.25, 0.3) is 10.9 Å². The summed E-state index contributed by atoms with van der Waals surface area (Å²) in [6.07, 6.45) is -6.11. The van der Waals surface area contributed by atoms with Crippen LogP contribution in [-0.2, 0) is 122 Å². The number of aryl methyl sites for hydroxylation is 2. The molecule has 8 amide bonds. The number of fused-ring (bicyclic) bond motifs is 16. The smallest absolute Gasteiger partial charge is 0.490 e. The number of methoxy groups -OCH3 is 1. The SMILES string of the molecule is COc1ccc(C[C@@H]2NC(=O)[C@H]([C@@H](C)O)NC(=O)[C@@H]3[C@@H]4CCN3C(=O)[C@H]3CC(=O)[C@H](Cc5cccc(c5)CNC(=O)CO4)NC(=O)[C@@H](CCC(=O)CCOCCOCC[N+](C)(C)C)NC(=O)[C@H](C)CC(=O)CCC(=O)N(CCCCn4cc(c5cc(F)ccc54)C3)Cc3ccc(cc3)CCCC(=O)[C@]3(C)CCCN3C2=O)cc1.O=C(O)C(F)(F)F. The maximum absolute atomic E-state index is 16.3. The Labute approximate surface area is 695 Å². The molecule has 0 spiro atoms. The zero-order valence-electron chi connectivity index (χ0n) is 69.2. The molecule has 2 fully saturated rings. The van der Waals surface area contributed by atoms with E-state index >= 15 is 33.2 Å². The lowest BCUT2D eigenvalue weighted by atomic mass is 9.88. The fraction of sp³-hybridized carbons (Fsp3) is 0.552. The van der Waals surface area contributed by atoms with Crippen LogP contribution in [0.15, 0.2) is 97.2 Å². The van der Waals surface area contributed by atoms with Crippen molar-refractivity contribution in [1.82, 2.24) is 45.9 Å². The molecular formula is C87H113F4N10O19+. The number of aliphatic hydroxyl groups excluding tert-OH is 1. The van der Waals surface area contributed by atoms with Crippen molar-refractivity contribution in [3.63, 3.8) is 0 Å². The Morgan fingerprint density at radius 2 is 1.38 bits per heavy atom. The number of aliphatic hydroxyl groups is 1. The summed E-state index contributed by atoms with van der Waals surface area (Å²) in [7, 11) is 7.64. The summed E-state index contributed by atoms with van der Waals surface area (Å²) in [5.74, 6) is -12.9. The number of rotatable bonds is 16.